The van der Waals surface area contributed by atoms with Crippen molar-refractivity contribution in [3.05, 3.63) is 23.0 Å². The van der Waals surface area contributed by atoms with Crippen LogP contribution in [-0.4, -0.2) is 19.4 Å². The third-order valence-corrected chi connectivity index (χ3v) is 2.43. The molecule has 0 aliphatic rings. The number of anilines is 1. The van der Waals surface area contributed by atoms with Crippen molar-refractivity contribution >= 4 is 17.2 Å². The number of aromatic nitrogens is 4. The average molecular weight is 209 g/mol. The molecule has 14 heavy (non-hydrogen) atoms. The van der Waals surface area contributed by atoms with Gasteiger partial charge in [-0.2, -0.15) is 5.10 Å². The minimum atomic E-state index is 0.697. The molecule has 0 fully saturated rings. The summed E-state index contributed by atoms with van der Waals surface area (Å²) < 4.78 is 5.58. The fraction of sp³-hybridized carbons (Fsp3) is 0.375. The SMILES string of the molecule is Cc1nn(C)cc1NCc1csnn1. The Morgan fingerprint density at radius 2 is 2.43 bits per heavy atom. The van der Waals surface area contributed by atoms with Gasteiger partial charge in [-0.25, -0.2) is 0 Å². The van der Waals surface area contributed by atoms with Crippen LogP contribution in [0.2, 0.25) is 0 Å². The predicted octanol–water partition coefficient (Wildman–Crippen LogP) is 1.19. The van der Waals surface area contributed by atoms with Crippen LogP contribution in [0.25, 0.3) is 0 Å². The van der Waals surface area contributed by atoms with E-state index in [2.05, 4.69) is 20.0 Å². The number of hydrogen-bond acceptors (Lipinski definition) is 5. The standard InChI is InChI=1S/C8H11N5S/c1-6-8(4-13(2)11-6)9-3-7-5-14-12-10-7/h4-5,9H,3H2,1-2H3. The van der Waals surface area contributed by atoms with Gasteiger partial charge in [0.05, 0.1) is 23.6 Å². The fourth-order valence-corrected chi connectivity index (χ4v) is 1.67. The van der Waals surface area contributed by atoms with E-state index >= 15 is 0 Å². The second-order valence-corrected chi connectivity index (χ2v) is 3.66. The van der Waals surface area contributed by atoms with Crippen LogP contribution in [0.3, 0.4) is 0 Å². The maximum Gasteiger partial charge on any atom is 0.0946 e. The summed E-state index contributed by atoms with van der Waals surface area (Å²) in [5.74, 6) is 0. The maximum absolute atomic E-state index is 4.23. The second-order valence-electron chi connectivity index (χ2n) is 3.05. The zero-order chi connectivity index (χ0) is 9.97. The quantitative estimate of drug-likeness (QED) is 0.825. The lowest BCUT2D eigenvalue weighted by molar-refractivity contribution is 0.756. The van der Waals surface area contributed by atoms with E-state index in [-0.39, 0.29) is 0 Å². The van der Waals surface area contributed by atoms with Crippen molar-refractivity contribution < 1.29 is 0 Å². The van der Waals surface area contributed by atoms with Gasteiger partial charge in [0.25, 0.3) is 0 Å². The summed E-state index contributed by atoms with van der Waals surface area (Å²) in [5.41, 5.74) is 2.99. The predicted molar refractivity (Wildman–Crippen MR) is 55.2 cm³/mol. The van der Waals surface area contributed by atoms with E-state index in [1.165, 1.54) is 11.5 Å². The molecule has 5 nitrogen and oxygen atoms in total. The van der Waals surface area contributed by atoms with Crippen LogP contribution < -0.4 is 5.32 Å². The molecule has 6 heteroatoms. The Labute approximate surface area is 85.9 Å². The number of hydrogen-bond donors (Lipinski definition) is 1. The summed E-state index contributed by atoms with van der Waals surface area (Å²) in [6.45, 7) is 2.67. The molecule has 1 N–H and O–H groups in total. The molecule has 2 rings (SSSR count). The fourth-order valence-electron chi connectivity index (χ4n) is 1.22. The molecule has 0 aliphatic carbocycles. The molecule has 0 radical (unpaired) electrons. The van der Waals surface area contributed by atoms with Crippen molar-refractivity contribution in [2.45, 2.75) is 13.5 Å². The van der Waals surface area contributed by atoms with Gasteiger partial charge in [0, 0.05) is 18.6 Å². The number of nitrogens with zero attached hydrogens (tertiary/aromatic N) is 4. The molecule has 0 amide bonds. The van der Waals surface area contributed by atoms with Gasteiger partial charge in [0.2, 0.25) is 0 Å². The summed E-state index contributed by atoms with van der Waals surface area (Å²) in [4.78, 5) is 0. The first-order valence-corrected chi connectivity index (χ1v) is 5.09. The van der Waals surface area contributed by atoms with E-state index in [4.69, 9.17) is 0 Å². The molecule has 0 aromatic carbocycles. The van der Waals surface area contributed by atoms with E-state index in [0.717, 1.165) is 17.1 Å². The summed E-state index contributed by atoms with van der Waals surface area (Å²) in [5, 5.41) is 13.4. The van der Waals surface area contributed by atoms with Crippen LogP contribution in [0.5, 0.6) is 0 Å². The van der Waals surface area contributed by atoms with Gasteiger partial charge in [-0.1, -0.05) is 4.49 Å². The third kappa shape index (κ3) is 1.90. The van der Waals surface area contributed by atoms with Gasteiger partial charge in [-0.3, -0.25) is 4.68 Å². The summed E-state index contributed by atoms with van der Waals surface area (Å²) in [7, 11) is 1.91. The number of nitrogens with one attached hydrogen (secondary N) is 1. The smallest absolute Gasteiger partial charge is 0.0946 e. The first kappa shape index (κ1) is 9.14. The lowest BCUT2D eigenvalue weighted by atomic mass is 10.4. The zero-order valence-electron chi connectivity index (χ0n) is 8.06. The molecular weight excluding hydrogens is 198 g/mol. The largest absolute Gasteiger partial charge is 0.377 e. The van der Waals surface area contributed by atoms with E-state index in [0.29, 0.717) is 6.54 Å². The molecule has 0 spiro atoms. The minimum Gasteiger partial charge on any atom is -0.377 e. The lowest BCUT2D eigenvalue weighted by Crippen LogP contribution is -1.99. The second kappa shape index (κ2) is 3.75. The van der Waals surface area contributed by atoms with Gasteiger partial charge in [-0.05, 0) is 18.5 Å². The Bertz CT molecular complexity index is 405. The van der Waals surface area contributed by atoms with Gasteiger partial charge in [0.1, 0.15) is 0 Å². The Balaban J connectivity index is 2.01. The number of rotatable bonds is 3. The summed E-state index contributed by atoms with van der Waals surface area (Å²) in [6, 6.07) is 0. The van der Waals surface area contributed by atoms with Crippen LogP contribution in [0.1, 0.15) is 11.4 Å². The van der Waals surface area contributed by atoms with Crippen molar-refractivity contribution in [2.75, 3.05) is 5.32 Å². The lowest BCUT2D eigenvalue weighted by Gasteiger charge is -2.00. The van der Waals surface area contributed by atoms with Crippen LogP contribution in [-0.2, 0) is 13.6 Å². The highest BCUT2D eigenvalue weighted by molar-refractivity contribution is 7.03. The first-order chi connectivity index (χ1) is 6.75. The molecule has 2 heterocycles. The third-order valence-electron chi connectivity index (χ3n) is 1.88. The van der Waals surface area contributed by atoms with Gasteiger partial charge in [0.15, 0.2) is 0 Å². The molecule has 0 atom stereocenters. The molecule has 0 bridgehead atoms. The molecule has 2 aromatic heterocycles. The zero-order valence-corrected chi connectivity index (χ0v) is 8.88. The maximum atomic E-state index is 4.23. The van der Waals surface area contributed by atoms with E-state index in [9.17, 15) is 0 Å². The van der Waals surface area contributed by atoms with Gasteiger partial charge < -0.3 is 5.32 Å². The monoisotopic (exact) mass is 209 g/mol. The molecule has 2 aromatic rings. The summed E-state index contributed by atoms with van der Waals surface area (Å²) in [6.07, 6.45) is 1.95. The normalized spacial score (nSPS) is 10.4. The Hall–Kier alpha value is -1.43. The van der Waals surface area contributed by atoms with Crippen molar-refractivity contribution in [3.8, 4) is 0 Å². The Morgan fingerprint density at radius 1 is 1.57 bits per heavy atom. The molecule has 0 saturated carbocycles. The van der Waals surface area contributed by atoms with Crippen molar-refractivity contribution in [1.29, 1.82) is 0 Å². The van der Waals surface area contributed by atoms with Crippen LogP contribution >= 0.6 is 11.5 Å². The molecule has 74 valence electrons. The Kier molecular flexibility index (Phi) is 2.45. The topological polar surface area (TPSA) is 55.6 Å². The van der Waals surface area contributed by atoms with E-state index < -0.39 is 0 Å². The molecule has 0 saturated heterocycles. The van der Waals surface area contributed by atoms with E-state index in [1.54, 1.807) is 4.68 Å². The molecule has 0 aliphatic heterocycles. The Morgan fingerprint density at radius 3 is 3.00 bits per heavy atom. The molecule has 0 unspecified atom stereocenters. The summed E-state index contributed by atoms with van der Waals surface area (Å²) >= 11 is 1.36. The van der Waals surface area contributed by atoms with Gasteiger partial charge >= 0.3 is 0 Å². The van der Waals surface area contributed by atoms with Crippen molar-refractivity contribution in [3.63, 3.8) is 0 Å². The number of aryl methyl sites for hydroxylation is 2. The van der Waals surface area contributed by atoms with Crippen LogP contribution in [0, 0.1) is 6.92 Å². The highest BCUT2D eigenvalue weighted by atomic mass is 32.1. The highest BCUT2D eigenvalue weighted by Crippen LogP contribution is 2.12. The van der Waals surface area contributed by atoms with Gasteiger partial charge in [-0.15, -0.1) is 5.10 Å². The first-order valence-electron chi connectivity index (χ1n) is 4.26. The van der Waals surface area contributed by atoms with Crippen molar-refractivity contribution in [2.24, 2.45) is 7.05 Å². The van der Waals surface area contributed by atoms with E-state index in [1.807, 2.05) is 25.5 Å². The minimum absolute atomic E-state index is 0.697. The average Bonchev–Trinajstić information content (AvgIpc) is 2.72. The highest BCUT2D eigenvalue weighted by Gasteiger charge is 2.02. The van der Waals surface area contributed by atoms with Crippen LogP contribution in [0.4, 0.5) is 5.69 Å². The molecular formula is C8H11N5S. The van der Waals surface area contributed by atoms with Crippen molar-refractivity contribution in [1.82, 2.24) is 19.4 Å². The van der Waals surface area contributed by atoms with Crippen LogP contribution in [0.15, 0.2) is 11.6 Å².